The van der Waals surface area contributed by atoms with Gasteiger partial charge in [0.05, 0.1) is 13.2 Å². The summed E-state index contributed by atoms with van der Waals surface area (Å²) in [4.78, 5) is 29.2. The Morgan fingerprint density at radius 3 is 1.35 bits per heavy atom. The number of rotatable bonds is 12. The summed E-state index contributed by atoms with van der Waals surface area (Å²) in [6.07, 6.45) is 0.912. The van der Waals surface area contributed by atoms with Crippen molar-refractivity contribution in [3.05, 3.63) is 48.5 Å². The average Bonchev–Trinajstić information content (AvgIpc) is 2.85. The molecule has 0 bridgehead atoms. The molecule has 0 atom stereocenters. The quantitative estimate of drug-likeness (QED) is 0.496. The lowest BCUT2D eigenvalue weighted by Crippen LogP contribution is -2.47. The molecular weight excluding hydrogens is 432 g/mol. The molecule has 1 saturated heterocycles. The van der Waals surface area contributed by atoms with Crippen LogP contribution in [0, 0.1) is 0 Å². The Labute approximate surface area is 202 Å². The highest BCUT2D eigenvalue weighted by Crippen LogP contribution is 2.17. The fraction of sp³-hybridized carbons (Fsp3) is 0.462. The third kappa shape index (κ3) is 8.68. The smallest absolute Gasteiger partial charge is 0.225 e. The molecule has 2 amide bonds. The second-order valence-electron chi connectivity index (χ2n) is 8.19. The van der Waals surface area contributed by atoms with Gasteiger partial charge in [-0.1, -0.05) is 0 Å². The van der Waals surface area contributed by atoms with Gasteiger partial charge in [-0.05, 0) is 62.4 Å². The summed E-state index contributed by atoms with van der Waals surface area (Å²) in [7, 11) is 0. The lowest BCUT2D eigenvalue weighted by molar-refractivity contribution is -0.117. The zero-order valence-electron chi connectivity index (χ0n) is 20.2. The lowest BCUT2D eigenvalue weighted by atomic mass is 10.2. The number of nitrogens with one attached hydrogen (secondary N) is 2. The van der Waals surface area contributed by atoms with Crippen LogP contribution in [0.2, 0.25) is 0 Å². The Bertz CT molecular complexity index is 819. The molecule has 1 aliphatic rings. The maximum Gasteiger partial charge on any atom is 0.225 e. The normalized spacial score (nSPS) is 14.4. The Morgan fingerprint density at radius 1 is 0.676 bits per heavy atom. The van der Waals surface area contributed by atoms with Gasteiger partial charge in [0.15, 0.2) is 0 Å². The Kier molecular flexibility index (Phi) is 10.2. The number of amides is 2. The maximum absolute atomic E-state index is 12.3. The molecule has 34 heavy (non-hydrogen) atoms. The van der Waals surface area contributed by atoms with E-state index in [1.807, 2.05) is 62.4 Å². The number of carbonyl (C=O) groups excluding carboxylic acids is 2. The van der Waals surface area contributed by atoms with Gasteiger partial charge in [0.1, 0.15) is 11.5 Å². The van der Waals surface area contributed by atoms with Crippen molar-refractivity contribution in [3.8, 4) is 11.5 Å². The van der Waals surface area contributed by atoms with E-state index in [4.69, 9.17) is 9.47 Å². The molecule has 2 N–H and O–H groups in total. The molecule has 0 spiro atoms. The summed E-state index contributed by atoms with van der Waals surface area (Å²) in [6, 6.07) is 14.9. The maximum atomic E-state index is 12.3. The van der Waals surface area contributed by atoms with Crippen molar-refractivity contribution in [2.24, 2.45) is 0 Å². The number of ether oxygens (including phenoxy) is 2. The molecule has 3 rings (SSSR count). The molecule has 0 aliphatic carbocycles. The number of benzene rings is 2. The highest BCUT2D eigenvalue weighted by molar-refractivity contribution is 5.91. The van der Waals surface area contributed by atoms with Gasteiger partial charge in [-0.2, -0.15) is 0 Å². The lowest BCUT2D eigenvalue weighted by Gasteiger charge is -2.34. The van der Waals surface area contributed by atoms with Gasteiger partial charge in [-0.3, -0.25) is 9.59 Å². The molecule has 2 aromatic carbocycles. The number of anilines is 2. The summed E-state index contributed by atoms with van der Waals surface area (Å²) in [6.45, 7) is 10.2. The van der Waals surface area contributed by atoms with Gasteiger partial charge < -0.3 is 29.9 Å². The van der Waals surface area contributed by atoms with E-state index in [1.54, 1.807) is 0 Å². The summed E-state index contributed by atoms with van der Waals surface area (Å²) < 4.78 is 10.8. The molecule has 2 aromatic rings. The van der Waals surface area contributed by atoms with Crippen LogP contribution >= 0.6 is 0 Å². The fourth-order valence-corrected chi connectivity index (χ4v) is 3.81. The summed E-state index contributed by atoms with van der Waals surface area (Å²) in [5.74, 6) is 1.62. The van der Waals surface area contributed by atoms with Crippen LogP contribution in [0.5, 0.6) is 11.5 Å². The minimum atomic E-state index is 0.0116. The summed E-state index contributed by atoms with van der Waals surface area (Å²) in [5, 5.41) is 5.88. The highest BCUT2D eigenvalue weighted by Gasteiger charge is 2.18. The molecule has 1 fully saturated rings. The van der Waals surface area contributed by atoms with Gasteiger partial charge in [-0.15, -0.1) is 0 Å². The van der Waals surface area contributed by atoms with Crippen molar-refractivity contribution in [1.82, 2.24) is 9.80 Å². The number of carbonyl (C=O) groups is 2. The molecule has 0 aromatic heterocycles. The van der Waals surface area contributed by atoms with Crippen LogP contribution in [0.4, 0.5) is 11.4 Å². The van der Waals surface area contributed by atoms with Gasteiger partial charge in [0.25, 0.3) is 0 Å². The third-order valence-corrected chi connectivity index (χ3v) is 5.67. The molecule has 8 nitrogen and oxygen atoms in total. The molecule has 1 aliphatic heterocycles. The number of nitrogens with zero attached hydrogens (tertiary/aromatic N) is 2. The molecule has 1 heterocycles. The van der Waals surface area contributed by atoms with Gasteiger partial charge >= 0.3 is 0 Å². The minimum Gasteiger partial charge on any atom is -0.494 e. The van der Waals surface area contributed by atoms with E-state index < -0.39 is 0 Å². The Hall–Kier alpha value is -3.10. The monoisotopic (exact) mass is 468 g/mol. The van der Waals surface area contributed by atoms with Crippen LogP contribution in [-0.4, -0.2) is 74.1 Å². The molecule has 0 unspecified atom stereocenters. The van der Waals surface area contributed by atoms with Crippen LogP contribution in [0.1, 0.15) is 26.7 Å². The van der Waals surface area contributed by atoms with Crippen LogP contribution in [0.15, 0.2) is 48.5 Å². The Morgan fingerprint density at radius 2 is 1.03 bits per heavy atom. The second kappa shape index (κ2) is 13.6. The minimum absolute atomic E-state index is 0.0116. The van der Waals surface area contributed by atoms with E-state index >= 15 is 0 Å². The summed E-state index contributed by atoms with van der Waals surface area (Å²) >= 11 is 0. The second-order valence-corrected chi connectivity index (χ2v) is 8.19. The third-order valence-electron chi connectivity index (χ3n) is 5.67. The van der Waals surface area contributed by atoms with E-state index in [9.17, 15) is 9.59 Å². The van der Waals surface area contributed by atoms with Crippen LogP contribution in [0.3, 0.4) is 0 Å². The van der Waals surface area contributed by atoms with Crippen molar-refractivity contribution in [1.29, 1.82) is 0 Å². The van der Waals surface area contributed by atoms with Crippen molar-refractivity contribution in [3.63, 3.8) is 0 Å². The van der Waals surface area contributed by atoms with Crippen molar-refractivity contribution in [2.45, 2.75) is 26.7 Å². The van der Waals surface area contributed by atoms with E-state index in [2.05, 4.69) is 20.4 Å². The fourth-order valence-electron chi connectivity index (χ4n) is 3.81. The summed E-state index contributed by atoms with van der Waals surface area (Å²) in [5.41, 5.74) is 1.56. The topological polar surface area (TPSA) is 83.1 Å². The van der Waals surface area contributed by atoms with E-state index in [0.717, 1.165) is 62.1 Å². The van der Waals surface area contributed by atoms with Gasteiger partial charge in [0.2, 0.25) is 11.8 Å². The first-order valence-corrected chi connectivity index (χ1v) is 12.1. The van der Waals surface area contributed by atoms with Crippen molar-refractivity contribution in [2.75, 3.05) is 63.1 Å². The number of hydrogen-bond acceptors (Lipinski definition) is 6. The molecule has 184 valence electrons. The first kappa shape index (κ1) is 25.5. The van der Waals surface area contributed by atoms with E-state index in [1.165, 1.54) is 0 Å². The van der Waals surface area contributed by atoms with Crippen molar-refractivity contribution < 1.29 is 19.1 Å². The van der Waals surface area contributed by atoms with Crippen LogP contribution in [0.25, 0.3) is 0 Å². The van der Waals surface area contributed by atoms with Gasteiger partial charge in [-0.25, -0.2) is 0 Å². The zero-order chi connectivity index (χ0) is 24.2. The van der Waals surface area contributed by atoms with Gasteiger partial charge in [0, 0.05) is 63.5 Å². The Balaban J connectivity index is 1.29. The number of hydrogen-bond donors (Lipinski definition) is 2. The SMILES string of the molecule is CCOc1ccc(NC(=O)CCN2CCN(CCC(=O)Nc3ccc(OCC)cc3)CC2)cc1. The molecule has 0 saturated carbocycles. The highest BCUT2D eigenvalue weighted by atomic mass is 16.5. The zero-order valence-corrected chi connectivity index (χ0v) is 20.2. The predicted molar refractivity (Wildman–Crippen MR) is 135 cm³/mol. The van der Waals surface area contributed by atoms with Crippen LogP contribution < -0.4 is 20.1 Å². The predicted octanol–water partition coefficient (Wildman–Crippen LogP) is 3.46. The molecule has 0 radical (unpaired) electrons. The van der Waals surface area contributed by atoms with E-state index in [-0.39, 0.29) is 11.8 Å². The first-order valence-electron chi connectivity index (χ1n) is 12.1. The van der Waals surface area contributed by atoms with E-state index in [0.29, 0.717) is 26.1 Å². The van der Waals surface area contributed by atoms with Crippen LogP contribution in [-0.2, 0) is 9.59 Å². The molecule has 8 heteroatoms. The number of piperazine rings is 1. The molecular formula is C26H36N4O4. The average molecular weight is 469 g/mol. The van der Waals surface area contributed by atoms with Crippen molar-refractivity contribution >= 4 is 23.2 Å². The standard InChI is InChI=1S/C26H36N4O4/c1-3-33-23-9-5-21(6-10-23)27-25(31)13-15-29-17-19-30(20-18-29)16-14-26(32)28-22-7-11-24(12-8-22)34-4-2/h5-12H,3-4,13-20H2,1-2H3,(H,27,31)(H,28,32). The first-order chi connectivity index (χ1) is 16.6. The largest absolute Gasteiger partial charge is 0.494 e.